The predicted octanol–water partition coefficient (Wildman–Crippen LogP) is 1.99. The SMILES string of the molecule is O=C(c1ccno1)N1CC(Oc2ncccc2C(F)(F)F)C1. The van der Waals surface area contributed by atoms with Gasteiger partial charge in [-0.25, -0.2) is 4.98 Å². The second kappa shape index (κ2) is 5.32. The number of likely N-dealkylation sites (tertiary alicyclic amines) is 1. The number of alkyl halides is 3. The molecule has 2 aromatic rings. The van der Waals surface area contributed by atoms with Crippen LogP contribution in [0.3, 0.4) is 0 Å². The molecule has 9 heteroatoms. The van der Waals surface area contributed by atoms with E-state index in [-0.39, 0.29) is 24.8 Å². The number of halogens is 3. The van der Waals surface area contributed by atoms with Crippen molar-refractivity contribution in [3.05, 3.63) is 41.9 Å². The lowest BCUT2D eigenvalue weighted by atomic mass is 10.1. The predicted molar refractivity (Wildman–Crippen MR) is 66.1 cm³/mol. The highest BCUT2D eigenvalue weighted by Crippen LogP contribution is 2.35. The first-order valence-electron chi connectivity index (χ1n) is 6.34. The third kappa shape index (κ3) is 2.74. The van der Waals surface area contributed by atoms with E-state index in [0.717, 1.165) is 6.07 Å². The molecule has 3 rings (SSSR count). The van der Waals surface area contributed by atoms with Crippen LogP contribution in [-0.4, -0.2) is 40.1 Å². The van der Waals surface area contributed by atoms with Crippen molar-refractivity contribution in [2.75, 3.05) is 13.1 Å². The van der Waals surface area contributed by atoms with E-state index in [2.05, 4.69) is 10.1 Å². The lowest BCUT2D eigenvalue weighted by molar-refractivity contribution is -0.140. The van der Waals surface area contributed by atoms with Crippen LogP contribution in [0.1, 0.15) is 16.1 Å². The first kappa shape index (κ1) is 14.4. The third-order valence-electron chi connectivity index (χ3n) is 3.14. The molecule has 1 aliphatic heterocycles. The maximum atomic E-state index is 12.8. The standard InChI is InChI=1S/C13H10F3N3O3/c14-13(15,16)9-2-1-4-17-11(9)21-8-6-19(7-8)12(20)10-3-5-18-22-10/h1-5,8H,6-7H2. The summed E-state index contributed by atoms with van der Waals surface area (Å²) in [7, 11) is 0. The van der Waals surface area contributed by atoms with Gasteiger partial charge in [-0.3, -0.25) is 4.79 Å². The highest BCUT2D eigenvalue weighted by atomic mass is 19.4. The minimum Gasteiger partial charge on any atom is -0.470 e. The zero-order valence-electron chi connectivity index (χ0n) is 11.1. The number of nitrogens with zero attached hydrogens (tertiary/aromatic N) is 3. The summed E-state index contributed by atoms with van der Waals surface area (Å²) in [6, 6.07) is 3.51. The summed E-state index contributed by atoms with van der Waals surface area (Å²) in [6.07, 6.45) is -2.52. The topological polar surface area (TPSA) is 68.5 Å². The summed E-state index contributed by atoms with van der Waals surface area (Å²) in [6.45, 7) is 0.320. The molecule has 0 aliphatic carbocycles. The lowest BCUT2D eigenvalue weighted by Gasteiger charge is -2.38. The molecule has 6 nitrogen and oxygen atoms in total. The smallest absolute Gasteiger partial charge is 0.421 e. The van der Waals surface area contributed by atoms with Crippen molar-refractivity contribution in [1.82, 2.24) is 15.0 Å². The van der Waals surface area contributed by atoms with Gasteiger partial charge in [0.25, 0.3) is 5.91 Å². The van der Waals surface area contributed by atoms with Crippen molar-refractivity contribution < 1.29 is 27.2 Å². The summed E-state index contributed by atoms with van der Waals surface area (Å²) in [5, 5.41) is 3.42. The molecular formula is C13H10F3N3O3. The van der Waals surface area contributed by atoms with Gasteiger partial charge in [0.2, 0.25) is 11.6 Å². The largest absolute Gasteiger partial charge is 0.470 e. The van der Waals surface area contributed by atoms with E-state index in [1.165, 1.54) is 29.4 Å². The fourth-order valence-electron chi connectivity index (χ4n) is 2.02. The fraction of sp³-hybridized carbons (Fsp3) is 0.308. The normalized spacial score (nSPS) is 15.5. The molecule has 2 aromatic heterocycles. The number of aromatic nitrogens is 2. The van der Waals surface area contributed by atoms with Crippen LogP contribution in [-0.2, 0) is 6.18 Å². The van der Waals surface area contributed by atoms with Crippen LogP contribution in [0.2, 0.25) is 0 Å². The van der Waals surface area contributed by atoms with Crippen LogP contribution in [0.4, 0.5) is 13.2 Å². The van der Waals surface area contributed by atoms with Crippen LogP contribution >= 0.6 is 0 Å². The second-order valence-corrected chi connectivity index (χ2v) is 4.68. The van der Waals surface area contributed by atoms with Crippen LogP contribution in [0.25, 0.3) is 0 Å². The highest BCUT2D eigenvalue weighted by molar-refractivity contribution is 5.91. The second-order valence-electron chi connectivity index (χ2n) is 4.68. The number of carbonyl (C=O) groups excluding carboxylic acids is 1. The Hall–Kier alpha value is -2.58. The van der Waals surface area contributed by atoms with Crippen molar-refractivity contribution >= 4 is 5.91 Å². The van der Waals surface area contributed by atoms with Gasteiger partial charge in [-0.2, -0.15) is 13.2 Å². The summed E-state index contributed by atoms with van der Waals surface area (Å²) in [4.78, 5) is 16.9. The molecule has 0 atom stereocenters. The van der Waals surface area contributed by atoms with Gasteiger partial charge in [-0.05, 0) is 12.1 Å². The van der Waals surface area contributed by atoms with E-state index < -0.39 is 23.7 Å². The monoisotopic (exact) mass is 313 g/mol. The molecule has 0 aromatic carbocycles. The van der Waals surface area contributed by atoms with Crippen molar-refractivity contribution in [2.24, 2.45) is 0 Å². The number of carbonyl (C=O) groups is 1. The zero-order valence-corrected chi connectivity index (χ0v) is 11.1. The van der Waals surface area contributed by atoms with E-state index in [1.807, 2.05) is 0 Å². The fourth-order valence-corrected chi connectivity index (χ4v) is 2.02. The number of ether oxygens (including phenoxy) is 1. The summed E-state index contributed by atoms with van der Waals surface area (Å²) in [5.74, 6) is -0.784. The summed E-state index contributed by atoms with van der Waals surface area (Å²) in [5.41, 5.74) is -0.935. The molecular weight excluding hydrogens is 303 g/mol. The molecule has 22 heavy (non-hydrogen) atoms. The molecule has 1 amide bonds. The molecule has 1 saturated heterocycles. The van der Waals surface area contributed by atoms with Gasteiger partial charge in [-0.15, -0.1) is 0 Å². The van der Waals surface area contributed by atoms with Crippen LogP contribution < -0.4 is 4.74 Å². The average molecular weight is 313 g/mol. The molecule has 0 saturated carbocycles. The van der Waals surface area contributed by atoms with E-state index in [9.17, 15) is 18.0 Å². The molecule has 0 bridgehead atoms. The first-order valence-corrected chi connectivity index (χ1v) is 6.34. The minimum absolute atomic E-state index is 0.0762. The Kier molecular flexibility index (Phi) is 3.47. The first-order chi connectivity index (χ1) is 10.4. The Morgan fingerprint density at radius 1 is 1.32 bits per heavy atom. The third-order valence-corrected chi connectivity index (χ3v) is 3.14. The van der Waals surface area contributed by atoms with Gasteiger partial charge >= 0.3 is 6.18 Å². The molecule has 0 N–H and O–H groups in total. The van der Waals surface area contributed by atoms with Crippen LogP contribution in [0, 0.1) is 0 Å². The number of rotatable bonds is 3. The lowest BCUT2D eigenvalue weighted by Crippen LogP contribution is -2.56. The van der Waals surface area contributed by atoms with E-state index >= 15 is 0 Å². The molecule has 0 radical (unpaired) electrons. The van der Waals surface area contributed by atoms with Crippen molar-refractivity contribution in [1.29, 1.82) is 0 Å². The maximum Gasteiger partial charge on any atom is 0.421 e. The Balaban J connectivity index is 1.62. The summed E-state index contributed by atoms with van der Waals surface area (Å²) < 4.78 is 48.4. The van der Waals surface area contributed by atoms with Gasteiger partial charge in [0, 0.05) is 12.3 Å². The Morgan fingerprint density at radius 3 is 2.73 bits per heavy atom. The van der Waals surface area contributed by atoms with Crippen LogP contribution in [0.5, 0.6) is 5.88 Å². The Bertz CT molecular complexity index is 667. The van der Waals surface area contributed by atoms with Gasteiger partial charge in [0.1, 0.15) is 11.7 Å². The van der Waals surface area contributed by atoms with Gasteiger partial charge in [0.05, 0.1) is 19.3 Å². The van der Waals surface area contributed by atoms with Crippen molar-refractivity contribution in [3.63, 3.8) is 0 Å². The highest BCUT2D eigenvalue weighted by Gasteiger charge is 2.39. The zero-order chi connectivity index (χ0) is 15.7. The van der Waals surface area contributed by atoms with E-state index in [0.29, 0.717) is 0 Å². The van der Waals surface area contributed by atoms with Crippen molar-refractivity contribution in [2.45, 2.75) is 12.3 Å². The van der Waals surface area contributed by atoms with E-state index in [1.54, 1.807) is 0 Å². The Morgan fingerprint density at radius 2 is 2.09 bits per heavy atom. The molecule has 3 heterocycles. The molecule has 0 spiro atoms. The number of amides is 1. The molecule has 0 unspecified atom stereocenters. The van der Waals surface area contributed by atoms with Crippen LogP contribution in [0.15, 0.2) is 35.1 Å². The van der Waals surface area contributed by atoms with Gasteiger partial charge < -0.3 is 14.2 Å². The number of hydrogen-bond donors (Lipinski definition) is 0. The van der Waals surface area contributed by atoms with Gasteiger partial charge in [-0.1, -0.05) is 5.16 Å². The minimum atomic E-state index is -4.54. The quantitative estimate of drug-likeness (QED) is 0.867. The van der Waals surface area contributed by atoms with Crippen molar-refractivity contribution in [3.8, 4) is 5.88 Å². The summed E-state index contributed by atoms with van der Waals surface area (Å²) >= 11 is 0. The van der Waals surface area contributed by atoms with Gasteiger partial charge in [0.15, 0.2) is 0 Å². The average Bonchev–Trinajstić information content (AvgIpc) is 2.95. The number of pyridine rings is 1. The molecule has 116 valence electrons. The number of hydrogen-bond acceptors (Lipinski definition) is 5. The molecule has 1 aliphatic rings. The Labute approximate surface area is 122 Å². The van der Waals surface area contributed by atoms with E-state index in [4.69, 9.17) is 9.26 Å². The maximum absolute atomic E-state index is 12.8. The molecule has 1 fully saturated rings.